The van der Waals surface area contributed by atoms with Gasteiger partial charge in [0.2, 0.25) is 0 Å². The molecule has 8 atom stereocenters. The van der Waals surface area contributed by atoms with Crippen molar-refractivity contribution in [2.75, 3.05) is 0 Å². The lowest BCUT2D eigenvalue weighted by Gasteiger charge is -2.52. The smallest absolute Gasteiger partial charge is 0.311 e. The highest BCUT2D eigenvalue weighted by Gasteiger charge is 2.53. The van der Waals surface area contributed by atoms with Crippen LogP contribution in [0.4, 0.5) is 0 Å². The third kappa shape index (κ3) is 6.93. The van der Waals surface area contributed by atoms with E-state index in [1.54, 1.807) is 0 Å². The summed E-state index contributed by atoms with van der Waals surface area (Å²) in [4.78, 5) is 25.7. The highest BCUT2D eigenvalue weighted by atomic mass is 28.4. The number of cyclic esters (lactones) is 1. The molecule has 1 saturated heterocycles. The first-order chi connectivity index (χ1) is 17.4. The average Bonchev–Trinajstić information content (AvgIpc) is 2.77. The van der Waals surface area contributed by atoms with Gasteiger partial charge in [-0.3, -0.25) is 9.59 Å². The van der Waals surface area contributed by atoms with Crippen molar-refractivity contribution in [2.24, 2.45) is 29.1 Å². The van der Waals surface area contributed by atoms with Crippen molar-refractivity contribution in [2.45, 2.75) is 142 Å². The summed E-state index contributed by atoms with van der Waals surface area (Å²) in [5.74, 6) is 0.0689. The Morgan fingerprint density at radius 3 is 2.42 bits per heavy atom. The second-order valence-corrected chi connectivity index (χ2v) is 19.5. The Kier molecular flexibility index (Phi) is 9.37. The molecule has 38 heavy (non-hydrogen) atoms. The molecule has 1 aliphatic heterocycles. The lowest BCUT2D eigenvalue weighted by atomic mass is 9.58. The standard InChI is InChI=1S/C31H54O6Si/c1-11-30(7,8)28(33)36-25-16-20(2)19-31(34)15-14-21(3)24(27(25)31)13-12-22-17-23(18-26(32)35-22)37-38(9,10)29(4,5)6/h14-15,20-25,27,34H,11-13,16-19H2,1-10H3/t20?,21?,22?,23?,24?,25?,27?,31-/m1/s1. The van der Waals surface area contributed by atoms with Crippen molar-refractivity contribution in [3.8, 4) is 0 Å². The molecule has 7 heteroatoms. The maximum Gasteiger partial charge on any atom is 0.311 e. The Balaban J connectivity index is 1.76. The van der Waals surface area contributed by atoms with Gasteiger partial charge in [0.15, 0.2) is 8.32 Å². The molecule has 7 unspecified atom stereocenters. The predicted octanol–water partition coefficient (Wildman–Crippen LogP) is 6.81. The number of rotatable bonds is 8. The summed E-state index contributed by atoms with van der Waals surface area (Å²) < 4.78 is 18.6. The third-order valence-electron chi connectivity index (χ3n) is 10.1. The predicted molar refractivity (Wildman–Crippen MR) is 153 cm³/mol. The van der Waals surface area contributed by atoms with Crippen LogP contribution in [0, 0.1) is 29.1 Å². The van der Waals surface area contributed by atoms with Crippen molar-refractivity contribution in [1.82, 2.24) is 0 Å². The monoisotopic (exact) mass is 550 g/mol. The molecular formula is C31H54O6Si. The number of carbonyl (C=O) groups excluding carboxylic acids is 2. The maximum absolute atomic E-state index is 13.1. The quantitative estimate of drug-likeness (QED) is 0.203. The summed E-state index contributed by atoms with van der Waals surface area (Å²) in [6.45, 7) is 21.3. The molecule has 1 N–H and O–H groups in total. The molecule has 1 heterocycles. The molecule has 218 valence electrons. The van der Waals surface area contributed by atoms with Gasteiger partial charge in [-0.05, 0) is 81.8 Å². The summed E-state index contributed by atoms with van der Waals surface area (Å²) in [7, 11) is -2.00. The van der Waals surface area contributed by atoms with E-state index in [-0.39, 0.29) is 59.0 Å². The number of fused-ring (bicyclic) bond motifs is 1. The van der Waals surface area contributed by atoms with E-state index in [0.717, 1.165) is 19.3 Å². The maximum atomic E-state index is 13.1. The van der Waals surface area contributed by atoms with E-state index in [1.807, 2.05) is 26.8 Å². The second kappa shape index (κ2) is 11.4. The molecule has 0 aromatic rings. The number of esters is 2. The highest BCUT2D eigenvalue weighted by molar-refractivity contribution is 6.74. The van der Waals surface area contributed by atoms with Gasteiger partial charge < -0.3 is 19.0 Å². The minimum Gasteiger partial charge on any atom is -0.462 e. The van der Waals surface area contributed by atoms with Gasteiger partial charge in [-0.2, -0.15) is 0 Å². The third-order valence-corrected chi connectivity index (χ3v) is 14.7. The molecular weight excluding hydrogens is 496 g/mol. The molecule has 1 saturated carbocycles. The molecule has 3 rings (SSSR count). The zero-order chi connectivity index (χ0) is 28.7. The van der Waals surface area contributed by atoms with E-state index < -0.39 is 19.3 Å². The molecule has 0 aromatic heterocycles. The SMILES string of the molecule is CCC(C)(C)C(=O)OC1CC(C)C[C@]2(O)C=CC(C)C(CCC3CC(O[Si](C)(C)C(C)(C)C)CC(=O)O3)C12. The fourth-order valence-corrected chi connectivity index (χ4v) is 7.71. The van der Waals surface area contributed by atoms with E-state index in [4.69, 9.17) is 13.9 Å². The van der Waals surface area contributed by atoms with Crippen LogP contribution in [0.2, 0.25) is 18.1 Å². The Morgan fingerprint density at radius 1 is 1.16 bits per heavy atom. The number of carbonyl (C=O) groups is 2. The fraction of sp³-hybridized carbons (Fsp3) is 0.871. The molecule has 2 aliphatic carbocycles. The largest absolute Gasteiger partial charge is 0.462 e. The summed E-state index contributed by atoms with van der Waals surface area (Å²) in [5.41, 5.74) is -1.55. The van der Waals surface area contributed by atoms with E-state index in [0.29, 0.717) is 25.7 Å². The summed E-state index contributed by atoms with van der Waals surface area (Å²) in [5, 5.41) is 11.9. The first-order valence-corrected chi connectivity index (χ1v) is 17.8. The Morgan fingerprint density at radius 2 is 1.82 bits per heavy atom. The van der Waals surface area contributed by atoms with Crippen LogP contribution in [0.3, 0.4) is 0 Å². The van der Waals surface area contributed by atoms with Crippen LogP contribution < -0.4 is 0 Å². The minimum absolute atomic E-state index is 0.0784. The highest BCUT2D eigenvalue weighted by Crippen LogP contribution is 2.50. The van der Waals surface area contributed by atoms with Crippen molar-refractivity contribution in [3.63, 3.8) is 0 Å². The van der Waals surface area contributed by atoms with Crippen LogP contribution in [-0.4, -0.2) is 49.3 Å². The Hall–Kier alpha value is -1.18. The Bertz CT molecular complexity index is 889. The number of hydrogen-bond donors (Lipinski definition) is 1. The molecule has 0 amide bonds. The van der Waals surface area contributed by atoms with Crippen LogP contribution in [0.5, 0.6) is 0 Å². The lowest BCUT2D eigenvalue weighted by molar-refractivity contribution is -0.184. The first kappa shape index (κ1) is 31.3. The van der Waals surface area contributed by atoms with Gasteiger partial charge in [0, 0.05) is 12.3 Å². The number of hydrogen-bond acceptors (Lipinski definition) is 6. The van der Waals surface area contributed by atoms with E-state index in [2.05, 4.69) is 53.8 Å². The van der Waals surface area contributed by atoms with E-state index >= 15 is 0 Å². The van der Waals surface area contributed by atoms with Gasteiger partial charge in [0.1, 0.15) is 12.2 Å². The van der Waals surface area contributed by atoms with E-state index in [9.17, 15) is 14.7 Å². The topological polar surface area (TPSA) is 82.1 Å². The Labute approximate surface area is 232 Å². The normalized spacial score (nSPS) is 36.4. The van der Waals surface area contributed by atoms with Gasteiger partial charge >= 0.3 is 11.9 Å². The van der Waals surface area contributed by atoms with Crippen LogP contribution in [0.15, 0.2) is 12.2 Å². The van der Waals surface area contributed by atoms with Gasteiger partial charge in [-0.25, -0.2) is 0 Å². The molecule has 0 bridgehead atoms. The average molecular weight is 551 g/mol. The summed E-state index contributed by atoms with van der Waals surface area (Å²) >= 11 is 0. The van der Waals surface area contributed by atoms with Crippen LogP contribution in [0.25, 0.3) is 0 Å². The van der Waals surface area contributed by atoms with Gasteiger partial charge in [-0.1, -0.05) is 53.7 Å². The van der Waals surface area contributed by atoms with Crippen molar-refractivity contribution < 1.29 is 28.6 Å². The second-order valence-electron chi connectivity index (χ2n) is 14.8. The lowest BCUT2D eigenvalue weighted by Crippen LogP contribution is -2.56. The fourth-order valence-electron chi connectivity index (χ4n) is 6.34. The van der Waals surface area contributed by atoms with Crippen molar-refractivity contribution in [3.05, 3.63) is 12.2 Å². The van der Waals surface area contributed by atoms with Gasteiger partial charge in [0.05, 0.1) is 23.5 Å². The first-order valence-electron chi connectivity index (χ1n) is 14.9. The van der Waals surface area contributed by atoms with Crippen LogP contribution in [-0.2, 0) is 23.5 Å². The molecule has 0 radical (unpaired) electrons. The van der Waals surface area contributed by atoms with Crippen molar-refractivity contribution in [1.29, 1.82) is 0 Å². The molecule has 3 aliphatic rings. The number of allylic oxidation sites excluding steroid dienone is 1. The zero-order valence-corrected chi connectivity index (χ0v) is 26.6. The summed E-state index contributed by atoms with van der Waals surface area (Å²) in [6, 6.07) is 0. The van der Waals surface area contributed by atoms with E-state index in [1.165, 1.54) is 0 Å². The molecule has 0 aromatic carbocycles. The van der Waals surface area contributed by atoms with Gasteiger partial charge in [0.25, 0.3) is 0 Å². The van der Waals surface area contributed by atoms with Crippen molar-refractivity contribution >= 4 is 20.3 Å². The minimum atomic E-state index is -2.00. The molecule has 2 fully saturated rings. The number of aliphatic hydroxyl groups is 1. The molecule has 0 spiro atoms. The van der Waals surface area contributed by atoms with Crippen LogP contribution >= 0.6 is 0 Å². The number of ether oxygens (including phenoxy) is 2. The summed E-state index contributed by atoms with van der Waals surface area (Å²) in [6.07, 6.45) is 8.13. The molecule has 6 nitrogen and oxygen atoms in total. The van der Waals surface area contributed by atoms with Crippen LogP contribution in [0.1, 0.15) is 100 Å². The van der Waals surface area contributed by atoms with Gasteiger partial charge in [-0.15, -0.1) is 0 Å². The zero-order valence-electron chi connectivity index (χ0n) is 25.6.